The highest BCUT2D eigenvalue weighted by atomic mass is 16.5. The second kappa shape index (κ2) is 5.64. The standard InChI is InChI=1S/C16H24O3/c1-10-7-14(19-6)12(3)11(2)13(10)8-16(4,5)9-15(17)18/h7H,8-9H2,1-6H3,(H,17,18). The molecule has 0 heterocycles. The van der Waals surface area contributed by atoms with Crippen LogP contribution in [0.3, 0.4) is 0 Å². The summed E-state index contributed by atoms with van der Waals surface area (Å²) in [5.41, 5.74) is 4.50. The summed E-state index contributed by atoms with van der Waals surface area (Å²) in [6.45, 7) is 10.2. The smallest absolute Gasteiger partial charge is 0.303 e. The minimum absolute atomic E-state index is 0.178. The van der Waals surface area contributed by atoms with Crippen LogP contribution in [0, 0.1) is 26.2 Å². The van der Waals surface area contributed by atoms with Gasteiger partial charge in [-0.2, -0.15) is 0 Å². The Labute approximate surface area is 115 Å². The Bertz CT molecular complexity index is 487. The van der Waals surface area contributed by atoms with E-state index in [0.29, 0.717) is 0 Å². The van der Waals surface area contributed by atoms with Crippen molar-refractivity contribution >= 4 is 5.97 Å². The van der Waals surface area contributed by atoms with E-state index in [9.17, 15) is 4.79 Å². The van der Waals surface area contributed by atoms with Gasteiger partial charge in [-0.15, -0.1) is 0 Å². The number of ether oxygens (including phenoxy) is 1. The molecule has 1 aromatic rings. The van der Waals surface area contributed by atoms with E-state index < -0.39 is 5.97 Å². The quantitative estimate of drug-likeness (QED) is 0.882. The summed E-state index contributed by atoms with van der Waals surface area (Å²) in [6.07, 6.45) is 0.943. The lowest BCUT2D eigenvalue weighted by atomic mass is 9.79. The van der Waals surface area contributed by atoms with E-state index in [-0.39, 0.29) is 11.8 Å². The van der Waals surface area contributed by atoms with Gasteiger partial charge in [0.2, 0.25) is 0 Å². The lowest BCUT2D eigenvalue weighted by molar-refractivity contribution is -0.139. The number of methoxy groups -OCH3 is 1. The lowest BCUT2D eigenvalue weighted by Crippen LogP contribution is -2.21. The van der Waals surface area contributed by atoms with E-state index in [1.807, 2.05) is 26.8 Å². The fourth-order valence-corrected chi connectivity index (χ4v) is 2.53. The summed E-state index contributed by atoms with van der Waals surface area (Å²) in [4.78, 5) is 10.9. The number of benzene rings is 1. The second-order valence-electron chi connectivity index (χ2n) is 6.04. The molecule has 0 aliphatic carbocycles. The van der Waals surface area contributed by atoms with Crippen molar-refractivity contribution in [1.29, 1.82) is 0 Å². The zero-order valence-electron chi connectivity index (χ0n) is 12.8. The Hall–Kier alpha value is -1.51. The van der Waals surface area contributed by atoms with E-state index >= 15 is 0 Å². The molecular weight excluding hydrogens is 240 g/mol. The molecule has 3 nitrogen and oxygen atoms in total. The fraction of sp³-hybridized carbons (Fsp3) is 0.562. The first kappa shape index (κ1) is 15.5. The molecule has 0 saturated carbocycles. The molecule has 0 bridgehead atoms. The van der Waals surface area contributed by atoms with Crippen molar-refractivity contribution in [2.45, 2.75) is 47.5 Å². The molecule has 0 saturated heterocycles. The first-order valence-corrected chi connectivity index (χ1v) is 6.53. The third kappa shape index (κ3) is 3.72. The van der Waals surface area contributed by atoms with Gasteiger partial charge in [0.15, 0.2) is 0 Å². The molecule has 0 fully saturated rings. The number of carbonyl (C=O) groups is 1. The van der Waals surface area contributed by atoms with Crippen LogP contribution in [-0.4, -0.2) is 18.2 Å². The predicted octanol–water partition coefficient (Wildman–Crippen LogP) is 3.66. The molecule has 19 heavy (non-hydrogen) atoms. The maximum atomic E-state index is 10.9. The van der Waals surface area contributed by atoms with Gasteiger partial charge in [-0.05, 0) is 60.9 Å². The third-order valence-corrected chi connectivity index (χ3v) is 3.71. The Kier molecular flexibility index (Phi) is 4.61. The van der Waals surface area contributed by atoms with Crippen LogP contribution in [-0.2, 0) is 11.2 Å². The highest BCUT2D eigenvalue weighted by Gasteiger charge is 2.24. The van der Waals surface area contributed by atoms with Gasteiger partial charge in [-0.25, -0.2) is 0 Å². The molecule has 1 aromatic carbocycles. The van der Waals surface area contributed by atoms with E-state index in [4.69, 9.17) is 9.84 Å². The number of hydrogen-bond acceptors (Lipinski definition) is 2. The molecular formula is C16H24O3. The largest absolute Gasteiger partial charge is 0.496 e. The van der Waals surface area contributed by atoms with Crippen molar-refractivity contribution in [1.82, 2.24) is 0 Å². The maximum Gasteiger partial charge on any atom is 0.303 e. The molecule has 0 spiro atoms. The highest BCUT2D eigenvalue weighted by Crippen LogP contribution is 2.33. The highest BCUT2D eigenvalue weighted by molar-refractivity contribution is 5.67. The van der Waals surface area contributed by atoms with Crippen LogP contribution in [0.4, 0.5) is 0 Å². The van der Waals surface area contributed by atoms with Crippen LogP contribution < -0.4 is 4.74 Å². The Balaban J connectivity index is 3.15. The van der Waals surface area contributed by atoms with Crippen LogP contribution in [0.5, 0.6) is 5.75 Å². The van der Waals surface area contributed by atoms with Gasteiger partial charge in [0.1, 0.15) is 5.75 Å². The fourth-order valence-electron chi connectivity index (χ4n) is 2.53. The molecule has 0 aliphatic heterocycles. The summed E-state index contributed by atoms with van der Waals surface area (Å²) >= 11 is 0. The lowest BCUT2D eigenvalue weighted by Gasteiger charge is -2.26. The SMILES string of the molecule is COc1cc(C)c(CC(C)(C)CC(=O)O)c(C)c1C. The molecule has 0 radical (unpaired) electrons. The van der Waals surface area contributed by atoms with Crippen LogP contribution in [0.25, 0.3) is 0 Å². The van der Waals surface area contributed by atoms with Crippen LogP contribution in [0.15, 0.2) is 6.07 Å². The minimum atomic E-state index is -0.745. The molecule has 0 atom stereocenters. The Morgan fingerprint density at radius 3 is 2.32 bits per heavy atom. The van der Waals surface area contributed by atoms with Gasteiger partial charge < -0.3 is 9.84 Å². The predicted molar refractivity (Wildman–Crippen MR) is 76.9 cm³/mol. The van der Waals surface area contributed by atoms with Gasteiger partial charge in [0.05, 0.1) is 13.5 Å². The molecule has 3 heteroatoms. The van der Waals surface area contributed by atoms with E-state index in [0.717, 1.165) is 17.7 Å². The summed E-state index contributed by atoms with van der Waals surface area (Å²) in [6, 6.07) is 2.04. The summed E-state index contributed by atoms with van der Waals surface area (Å²) in [5, 5.41) is 8.98. The van der Waals surface area contributed by atoms with Crippen molar-refractivity contribution in [2.75, 3.05) is 7.11 Å². The zero-order valence-corrected chi connectivity index (χ0v) is 12.8. The monoisotopic (exact) mass is 264 g/mol. The summed E-state index contributed by atoms with van der Waals surface area (Å²) < 4.78 is 5.36. The number of rotatable bonds is 5. The average Bonchev–Trinajstić information content (AvgIpc) is 2.27. The molecule has 0 unspecified atom stereocenters. The molecule has 0 amide bonds. The van der Waals surface area contributed by atoms with Gasteiger partial charge in [0, 0.05) is 0 Å². The normalized spacial score (nSPS) is 11.5. The van der Waals surface area contributed by atoms with Gasteiger partial charge >= 0.3 is 5.97 Å². The van der Waals surface area contributed by atoms with Crippen molar-refractivity contribution in [3.05, 3.63) is 28.3 Å². The van der Waals surface area contributed by atoms with E-state index in [2.05, 4.69) is 13.8 Å². The topological polar surface area (TPSA) is 46.5 Å². The first-order chi connectivity index (χ1) is 8.68. The van der Waals surface area contributed by atoms with Crippen molar-refractivity contribution in [3.63, 3.8) is 0 Å². The van der Waals surface area contributed by atoms with E-state index in [1.54, 1.807) is 7.11 Å². The molecule has 1 N–H and O–H groups in total. The third-order valence-electron chi connectivity index (χ3n) is 3.71. The number of aryl methyl sites for hydroxylation is 1. The number of aliphatic carboxylic acids is 1. The zero-order chi connectivity index (χ0) is 14.8. The maximum absolute atomic E-state index is 10.9. The van der Waals surface area contributed by atoms with Crippen molar-refractivity contribution in [3.8, 4) is 5.75 Å². The van der Waals surface area contributed by atoms with Gasteiger partial charge in [-0.3, -0.25) is 4.79 Å². The van der Waals surface area contributed by atoms with Crippen LogP contribution in [0.2, 0.25) is 0 Å². The second-order valence-corrected chi connectivity index (χ2v) is 6.04. The molecule has 0 aromatic heterocycles. The van der Waals surface area contributed by atoms with Crippen molar-refractivity contribution in [2.24, 2.45) is 5.41 Å². The molecule has 0 aliphatic rings. The number of hydrogen-bond donors (Lipinski definition) is 1. The van der Waals surface area contributed by atoms with Gasteiger partial charge in [-0.1, -0.05) is 13.8 Å². The minimum Gasteiger partial charge on any atom is -0.496 e. The number of carboxylic acid groups (broad SMARTS) is 1. The van der Waals surface area contributed by atoms with Crippen LogP contribution in [0.1, 0.15) is 42.5 Å². The molecule has 106 valence electrons. The Morgan fingerprint density at radius 2 is 1.84 bits per heavy atom. The number of carboxylic acids is 1. The van der Waals surface area contributed by atoms with Gasteiger partial charge in [0.25, 0.3) is 0 Å². The summed E-state index contributed by atoms with van der Waals surface area (Å²) in [5.74, 6) is 0.153. The average molecular weight is 264 g/mol. The molecule has 1 rings (SSSR count). The summed E-state index contributed by atoms with van der Waals surface area (Å²) in [7, 11) is 1.68. The van der Waals surface area contributed by atoms with Crippen molar-refractivity contribution < 1.29 is 14.6 Å². The van der Waals surface area contributed by atoms with E-state index in [1.165, 1.54) is 16.7 Å². The first-order valence-electron chi connectivity index (χ1n) is 6.53. The van der Waals surface area contributed by atoms with Crippen LogP contribution >= 0.6 is 0 Å². The Morgan fingerprint density at radius 1 is 1.26 bits per heavy atom.